The van der Waals surface area contributed by atoms with Gasteiger partial charge in [0, 0.05) is 6.16 Å². The summed E-state index contributed by atoms with van der Waals surface area (Å²) in [6.45, 7) is 5.51. The van der Waals surface area contributed by atoms with Crippen molar-refractivity contribution in [2.75, 3.05) is 19.4 Å². The van der Waals surface area contributed by atoms with Crippen LogP contribution in [0.1, 0.15) is 20.8 Å². The van der Waals surface area contributed by atoms with Gasteiger partial charge in [-0.2, -0.15) is 0 Å². The van der Waals surface area contributed by atoms with E-state index in [-0.39, 0.29) is 19.4 Å². The third-order valence-electron chi connectivity index (χ3n) is 1.30. The van der Waals surface area contributed by atoms with Gasteiger partial charge in [0.05, 0.1) is 13.2 Å². The van der Waals surface area contributed by atoms with Gasteiger partial charge in [-0.15, -0.1) is 0 Å². The monoisotopic (exact) mass is 194 g/mol. The molecule has 0 aromatic rings. The lowest BCUT2D eigenvalue weighted by Crippen LogP contribution is -2.07. The molecule has 4 nitrogen and oxygen atoms in total. The summed E-state index contributed by atoms with van der Waals surface area (Å²) in [5.74, 6) is 0. The normalized spacial score (nSPS) is 15.2. The highest BCUT2D eigenvalue weighted by atomic mass is 31.2. The Morgan fingerprint density at radius 3 is 2.17 bits per heavy atom. The van der Waals surface area contributed by atoms with Crippen molar-refractivity contribution in [2.45, 2.75) is 20.8 Å². The summed E-state index contributed by atoms with van der Waals surface area (Å²) >= 11 is 0. The summed E-state index contributed by atoms with van der Waals surface area (Å²) in [4.78, 5) is 11.1. The molecule has 1 atom stereocenters. The van der Waals surface area contributed by atoms with Crippen LogP contribution in [0.2, 0.25) is 0 Å². The standard InChI is InChI=1S/C7H15O4P/c1-4-10-7(8)12(9,6-3)11-5-2/h4-6H2,1-3H3. The maximum Gasteiger partial charge on any atom is 0.391 e. The molecular formula is C7H15O4P. The maximum absolute atomic E-state index is 11.6. The van der Waals surface area contributed by atoms with Crippen LogP contribution in [-0.4, -0.2) is 25.1 Å². The third kappa shape index (κ3) is 2.95. The molecule has 0 aliphatic carbocycles. The van der Waals surface area contributed by atoms with E-state index in [0.29, 0.717) is 0 Å². The number of hydrogen-bond acceptors (Lipinski definition) is 4. The van der Waals surface area contributed by atoms with Crippen LogP contribution in [0.4, 0.5) is 4.79 Å². The first-order valence-corrected chi connectivity index (χ1v) is 5.82. The first-order valence-electron chi connectivity index (χ1n) is 4.01. The fourth-order valence-electron chi connectivity index (χ4n) is 0.703. The summed E-state index contributed by atoms with van der Waals surface area (Å²) in [5.41, 5.74) is -0.714. The minimum Gasteiger partial charge on any atom is -0.459 e. The van der Waals surface area contributed by atoms with Gasteiger partial charge in [-0.25, -0.2) is 4.79 Å². The van der Waals surface area contributed by atoms with Gasteiger partial charge in [-0.1, -0.05) is 6.92 Å². The van der Waals surface area contributed by atoms with Crippen LogP contribution < -0.4 is 0 Å². The van der Waals surface area contributed by atoms with Gasteiger partial charge in [0.25, 0.3) is 0 Å². The second kappa shape index (κ2) is 5.33. The molecule has 12 heavy (non-hydrogen) atoms. The predicted octanol–water partition coefficient (Wildman–Crippen LogP) is 2.48. The van der Waals surface area contributed by atoms with Crippen LogP contribution in [0.5, 0.6) is 0 Å². The van der Waals surface area contributed by atoms with E-state index in [1.807, 2.05) is 0 Å². The molecule has 0 saturated heterocycles. The van der Waals surface area contributed by atoms with Crippen molar-refractivity contribution in [3.63, 3.8) is 0 Å². The molecule has 0 radical (unpaired) electrons. The van der Waals surface area contributed by atoms with Gasteiger partial charge < -0.3 is 9.26 Å². The van der Waals surface area contributed by atoms with Crippen molar-refractivity contribution >= 4 is 13.1 Å². The van der Waals surface area contributed by atoms with Crippen LogP contribution in [0.15, 0.2) is 0 Å². The van der Waals surface area contributed by atoms with Gasteiger partial charge in [0.15, 0.2) is 0 Å². The van der Waals surface area contributed by atoms with Crippen molar-refractivity contribution in [3.05, 3.63) is 0 Å². The van der Waals surface area contributed by atoms with Crippen molar-refractivity contribution < 1.29 is 18.6 Å². The van der Waals surface area contributed by atoms with Crippen molar-refractivity contribution in [1.82, 2.24) is 0 Å². The summed E-state index contributed by atoms with van der Waals surface area (Å²) in [5, 5.41) is 0. The molecule has 0 heterocycles. The van der Waals surface area contributed by atoms with E-state index in [9.17, 15) is 9.36 Å². The zero-order chi connectivity index (χ0) is 9.61. The summed E-state index contributed by atoms with van der Waals surface area (Å²) in [6, 6.07) is 0. The minimum absolute atomic E-state index is 0.194. The molecule has 0 N–H and O–H groups in total. The molecule has 0 aromatic carbocycles. The number of carbonyl (C=O) groups is 1. The van der Waals surface area contributed by atoms with Crippen molar-refractivity contribution in [2.24, 2.45) is 0 Å². The van der Waals surface area contributed by atoms with Crippen LogP contribution in [0, 0.1) is 0 Å². The number of ether oxygens (including phenoxy) is 1. The SMILES string of the molecule is CCOC(=O)P(=O)(CC)OCC. The molecule has 0 saturated carbocycles. The van der Waals surface area contributed by atoms with Crippen LogP contribution in [0.25, 0.3) is 0 Å². The van der Waals surface area contributed by atoms with Crippen molar-refractivity contribution in [3.8, 4) is 0 Å². The minimum atomic E-state index is -3.17. The lowest BCUT2D eigenvalue weighted by Gasteiger charge is -2.13. The summed E-state index contributed by atoms with van der Waals surface area (Å²) < 4.78 is 21.1. The van der Waals surface area contributed by atoms with E-state index in [1.165, 1.54) is 0 Å². The van der Waals surface area contributed by atoms with Gasteiger partial charge in [0.2, 0.25) is 0 Å². The van der Waals surface area contributed by atoms with E-state index in [0.717, 1.165) is 0 Å². The lowest BCUT2D eigenvalue weighted by atomic mass is 10.9. The largest absolute Gasteiger partial charge is 0.459 e. The van der Waals surface area contributed by atoms with E-state index >= 15 is 0 Å². The fraction of sp³-hybridized carbons (Fsp3) is 0.857. The Labute approximate surface area is 72.7 Å². The molecule has 0 fully saturated rings. The molecule has 1 unspecified atom stereocenters. The second-order valence-electron chi connectivity index (χ2n) is 2.11. The Bertz CT molecular complexity index is 190. The molecule has 0 spiro atoms. The van der Waals surface area contributed by atoms with Gasteiger partial charge >= 0.3 is 13.1 Å². The molecule has 5 heteroatoms. The molecule has 0 amide bonds. The van der Waals surface area contributed by atoms with Crippen LogP contribution in [0.3, 0.4) is 0 Å². The van der Waals surface area contributed by atoms with E-state index in [1.54, 1.807) is 20.8 Å². The van der Waals surface area contributed by atoms with Crippen molar-refractivity contribution in [1.29, 1.82) is 0 Å². The first-order chi connectivity index (χ1) is 5.60. The average molecular weight is 194 g/mol. The quantitative estimate of drug-likeness (QED) is 0.631. The van der Waals surface area contributed by atoms with E-state index in [2.05, 4.69) is 4.74 Å². The Morgan fingerprint density at radius 1 is 1.25 bits per heavy atom. The summed E-state index contributed by atoms with van der Waals surface area (Å²) in [7, 11) is -3.17. The number of rotatable bonds is 5. The number of hydrogen-bond donors (Lipinski definition) is 0. The Hall–Kier alpha value is -0.340. The Kier molecular flexibility index (Phi) is 5.18. The van der Waals surface area contributed by atoms with E-state index < -0.39 is 13.1 Å². The number of carbonyl (C=O) groups excluding carboxylic acids is 1. The highest BCUT2D eigenvalue weighted by Crippen LogP contribution is 2.48. The topological polar surface area (TPSA) is 52.6 Å². The molecule has 0 aromatic heterocycles. The molecule has 0 rings (SSSR count). The first kappa shape index (κ1) is 11.7. The fourth-order valence-corrected chi connectivity index (χ4v) is 1.99. The Balaban J connectivity index is 4.30. The van der Waals surface area contributed by atoms with Gasteiger partial charge in [-0.05, 0) is 13.8 Å². The predicted molar refractivity (Wildman–Crippen MR) is 46.8 cm³/mol. The maximum atomic E-state index is 11.6. The van der Waals surface area contributed by atoms with Gasteiger partial charge in [0.1, 0.15) is 0 Å². The Morgan fingerprint density at radius 2 is 1.83 bits per heavy atom. The molecule has 0 aliphatic heterocycles. The molecule has 0 aliphatic rings. The zero-order valence-corrected chi connectivity index (χ0v) is 8.60. The molecule has 72 valence electrons. The molecular weight excluding hydrogens is 179 g/mol. The average Bonchev–Trinajstić information content (AvgIpc) is 2.05. The highest BCUT2D eigenvalue weighted by Gasteiger charge is 2.31. The van der Waals surface area contributed by atoms with E-state index in [4.69, 9.17) is 4.52 Å². The van der Waals surface area contributed by atoms with Gasteiger partial charge in [-0.3, -0.25) is 4.57 Å². The lowest BCUT2D eigenvalue weighted by molar-refractivity contribution is 0.171. The third-order valence-corrected chi connectivity index (χ3v) is 3.49. The molecule has 0 bridgehead atoms. The second-order valence-corrected chi connectivity index (χ2v) is 4.71. The smallest absolute Gasteiger partial charge is 0.391 e. The highest BCUT2D eigenvalue weighted by molar-refractivity contribution is 7.75. The zero-order valence-electron chi connectivity index (χ0n) is 7.70. The summed E-state index contributed by atoms with van der Waals surface area (Å²) in [6.07, 6.45) is 0.194. The van der Waals surface area contributed by atoms with Crippen LogP contribution in [-0.2, 0) is 13.8 Å². The van der Waals surface area contributed by atoms with Crippen LogP contribution >= 0.6 is 7.37 Å².